The molecule has 0 bridgehead atoms. The molecule has 1 aromatic rings. The van der Waals surface area contributed by atoms with Gasteiger partial charge in [-0.15, -0.1) is 0 Å². The largest absolute Gasteiger partial charge is 0.478 e. The van der Waals surface area contributed by atoms with Gasteiger partial charge in [0.25, 0.3) is 0 Å². The maximum Gasteiger partial charge on any atom is 0.337 e. The molecular weight excluding hydrogens is 242 g/mol. The molecule has 0 radical (unpaired) electrons. The van der Waals surface area contributed by atoms with E-state index >= 15 is 0 Å². The molecule has 3 N–H and O–H groups in total. The summed E-state index contributed by atoms with van der Waals surface area (Å²) in [4.78, 5) is 17.5. The van der Waals surface area contributed by atoms with Gasteiger partial charge >= 0.3 is 5.97 Å². The van der Waals surface area contributed by atoms with Crippen LogP contribution in [0.4, 0.5) is 11.5 Å². The van der Waals surface area contributed by atoms with Gasteiger partial charge in [0.15, 0.2) is 0 Å². The number of nitrogens with two attached hydrogens (primary N) is 1. The predicted octanol–water partition coefficient (Wildman–Crippen LogP) is 2.23. The van der Waals surface area contributed by atoms with E-state index in [9.17, 15) is 4.79 Å². The first-order valence-corrected chi connectivity index (χ1v) is 6.72. The molecule has 0 amide bonds. The highest BCUT2D eigenvalue weighted by Gasteiger charge is 2.23. The molecule has 2 rings (SSSR count). The molecule has 0 saturated carbocycles. The number of nitrogen functional groups attached to an aromatic ring is 1. The van der Waals surface area contributed by atoms with E-state index in [2.05, 4.69) is 23.7 Å². The summed E-state index contributed by atoms with van der Waals surface area (Å²) in [5.74, 6) is 1.17. The van der Waals surface area contributed by atoms with E-state index in [-0.39, 0.29) is 11.3 Å². The van der Waals surface area contributed by atoms with Crippen molar-refractivity contribution >= 4 is 17.5 Å². The predicted molar refractivity (Wildman–Crippen MR) is 75.4 cm³/mol. The number of pyridine rings is 1. The molecule has 1 aromatic heterocycles. The Morgan fingerprint density at radius 2 is 2.11 bits per heavy atom. The highest BCUT2D eigenvalue weighted by molar-refractivity contribution is 5.94. The van der Waals surface area contributed by atoms with Gasteiger partial charge < -0.3 is 15.7 Å². The molecule has 0 unspecified atom stereocenters. The molecule has 1 fully saturated rings. The first-order valence-electron chi connectivity index (χ1n) is 6.72. The van der Waals surface area contributed by atoms with Crippen LogP contribution in [0.3, 0.4) is 0 Å². The second-order valence-corrected chi connectivity index (χ2v) is 5.50. The highest BCUT2D eigenvalue weighted by Crippen LogP contribution is 2.28. The van der Waals surface area contributed by atoms with E-state index in [1.807, 2.05) is 0 Å². The minimum Gasteiger partial charge on any atom is -0.478 e. The number of rotatable bonds is 3. The van der Waals surface area contributed by atoms with Gasteiger partial charge in [-0.05, 0) is 30.7 Å². The fourth-order valence-corrected chi connectivity index (χ4v) is 2.61. The van der Waals surface area contributed by atoms with Crippen molar-refractivity contribution in [2.45, 2.75) is 26.7 Å². The van der Waals surface area contributed by atoms with Crippen LogP contribution in [0.5, 0.6) is 0 Å². The highest BCUT2D eigenvalue weighted by atomic mass is 16.4. The Bertz CT molecular complexity index is 466. The fourth-order valence-electron chi connectivity index (χ4n) is 2.61. The molecule has 1 saturated heterocycles. The summed E-state index contributed by atoms with van der Waals surface area (Å²) < 4.78 is 0. The Balaban J connectivity index is 2.12. The summed E-state index contributed by atoms with van der Waals surface area (Å²) in [5.41, 5.74) is 5.97. The van der Waals surface area contributed by atoms with Crippen LogP contribution in [-0.4, -0.2) is 29.1 Å². The van der Waals surface area contributed by atoms with Gasteiger partial charge in [-0.3, -0.25) is 0 Å². The third-order valence-electron chi connectivity index (χ3n) is 3.96. The van der Waals surface area contributed by atoms with Crippen LogP contribution in [0, 0.1) is 11.8 Å². The minimum atomic E-state index is -1.00. The van der Waals surface area contributed by atoms with Gasteiger partial charge in [0.05, 0.1) is 17.4 Å². The molecule has 2 heterocycles. The first kappa shape index (κ1) is 13.6. The Labute approximate surface area is 113 Å². The quantitative estimate of drug-likeness (QED) is 0.874. The minimum absolute atomic E-state index is 0.135. The van der Waals surface area contributed by atoms with Gasteiger partial charge in [0.1, 0.15) is 5.82 Å². The van der Waals surface area contributed by atoms with Gasteiger partial charge in [0.2, 0.25) is 0 Å². The lowest BCUT2D eigenvalue weighted by molar-refractivity contribution is 0.0698. The number of carbonyl (C=O) groups is 1. The van der Waals surface area contributed by atoms with Gasteiger partial charge in [-0.1, -0.05) is 13.8 Å². The first-order chi connectivity index (χ1) is 8.99. The van der Waals surface area contributed by atoms with E-state index in [0.717, 1.165) is 31.8 Å². The van der Waals surface area contributed by atoms with E-state index < -0.39 is 5.97 Å². The molecule has 0 aromatic carbocycles. The van der Waals surface area contributed by atoms with Gasteiger partial charge in [-0.2, -0.15) is 0 Å². The number of nitrogens with zero attached hydrogens (tertiary/aromatic N) is 2. The second kappa shape index (κ2) is 5.47. The Morgan fingerprint density at radius 3 is 2.63 bits per heavy atom. The summed E-state index contributed by atoms with van der Waals surface area (Å²) in [5, 5.41) is 9.08. The molecule has 1 aliphatic rings. The number of anilines is 2. The molecule has 0 atom stereocenters. The normalized spacial score (nSPS) is 16.9. The van der Waals surface area contributed by atoms with Crippen LogP contribution >= 0.6 is 0 Å². The molecule has 0 spiro atoms. The third-order valence-corrected chi connectivity index (χ3v) is 3.96. The SMILES string of the molecule is CC(C)C1CCN(c2cc(C(=O)O)c(N)cn2)CC1. The lowest BCUT2D eigenvalue weighted by Gasteiger charge is -2.34. The van der Waals surface area contributed by atoms with Crippen molar-refractivity contribution in [2.24, 2.45) is 11.8 Å². The van der Waals surface area contributed by atoms with Crippen LogP contribution in [0.15, 0.2) is 12.3 Å². The van der Waals surface area contributed by atoms with Crippen molar-refractivity contribution in [3.63, 3.8) is 0 Å². The van der Waals surface area contributed by atoms with Crippen LogP contribution < -0.4 is 10.6 Å². The van der Waals surface area contributed by atoms with E-state index in [0.29, 0.717) is 11.7 Å². The maximum absolute atomic E-state index is 11.1. The van der Waals surface area contributed by atoms with Crippen LogP contribution in [0.25, 0.3) is 0 Å². The van der Waals surface area contributed by atoms with Crippen LogP contribution in [0.2, 0.25) is 0 Å². The van der Waals surface area contributed by atoms with E-state index in [1.54, 1.807) is 6.07 Å². The van der Waals surface area contributed by atoms with Crippen molar-refractivity contribution in [1.82, 2.24) is 4.98 Å². The Morgan fingerprint density at radius 1 is 1.47 bits per heavy atom. The zero-order valence-electron chi connectivity index (χ0n) is 11.5. The summed E-state index contributed by atoms with van der Waals surface area (Å²) in [6.07, 6.45) is 3.70. The molecule has 104 valence electrons. The number of hydrogen-bond acceptors (Lipinski definition) is 4. The number of aromatic nitrogens is 1. The molecule has 5 heteroatoms. The number of aromatic carboxylic acids is 1. The number of hydrogen-bond donors (Lipinski definition) is 2. The topological polar surface area (TPSA) is 79.5 Å². The molecule has 19 heavy (non-hydrogen) atoms. The summed E-state index contributed by atoms with van der Waals surface area (Å²) in [6.45, 7) is 6.37. The zero-order valence-corrected chi connectivity index (χ0v) is 11.5. The summed E-state index contributed by atoms with van der Waals surface area (Å²) in [7, 11) is 0. The van der Waals surface area contributed by atoms with Crippen molar-refractivity contribution in [1.29, 1.82) is 0 Å². The number of carboxylic acids is 1. The van der Waals surface area contributed by atoms with Crippen molar-refractivity contribution in [3.05, 3.63) is 17.8 Å². The second-order valence-electron chi connectivity index (χ2n) is 5.50. The zero-order chi connectivity index (χ0) is 14.0. The molecule has 5 nitrogen and oxygen atoms in total. The van der Waals surface area contributed by atoms with Gasteiger partial charge in [0, 0.05) is 13.1 Å². The lowest BCUT2D eigenvalue weighted by Crippen LogP contribution is -2.35. The molecule has 0 aliphatic carbocycles. The summed E-state index contributed by atoms with van der Waals surface area (Å²) >= 11 is 0. The smallest absolute Gasteiger partial charge is 0.337 e. The average Bonchev–Trinajstić information content (AvgIpc) is 2.39. The molecule has 1 aliphatic heterocycles. The summed E-state index contributed by atoms with van der Waals surface area (Å²) in [6, 6.07) is 1.58. The van der Waals surface area contributed by atoms with Crippen molar-refractivity contribution in [3.8, 4) is 0 Å². The lowest BCUT2D eigenvalue weighted by atomic mass is 9.87. The van der Waals surface area contributed by atoms with Crippen LogP contribution in [-0.2, 0) is 0 Å². The standard InChI is InChI=1S/C14H21N3O2/c1-9(2)10-3-5-17(6-4-10)13-7-11(14(18)19)12(15)8-16-13/h7-10H,3-6,15H2,1-2H3,(H,18,19). The number of carboxylic acid groups (broad SMARTS) is 1. The van der Waals surface area contributed by atoms with Gasteiger partial charge in [-0.25, -0.2) is 9.78 Å². The Kier molecular flexibility index (Phi) is 3.93. The van der Waals surface area contributed by atoms with E-state index in [4.69, 9.17) is 10.8 Å². The molecular formula is C14H21N3O2. The maximum atomic E-state index is 11.1. The van der Waals surface area contributed by atoms with Crippen LogP contribution in [0.1, 0.15) is 37.0 Å². The third kappa shape index (κ3) is 2.97. The average molecular weight is 263 g/mol. The fraction of sp³-hybridized carbons (Fsp3) is 0.571. The monoisotopic (exact) mass is 263 g/mol. The van der Waals surface area contributed by atoms with E-state index in [1.165, 1.54) is 6.20 Å². The number of piperidine rings is 1. The van der Waals surface area contributed by atoms with Crippen molar-refractivity contribution < 1.29 is 9.90 Å². The Hall–Kier alpha value is -1.78. The van der Waals surface area contributed by atoms with Crippen molar-refractivity contribution in [2.75, 3.05) is 23.7 Å².